The Bertz CT molecular complexity index is 760. The average Bonchev–Trinajstić information content (AvgIpc) is 2.88. The molecule has 2 heterocycles. The van der Waals surface area contributed by atoms with Gasteiger partial charge >= 0.3 is 0 Å². The Morgan fingerprint density at radius 2 is 1.90 bits per heavy atom. The molecule has 21 heavy (non-hydrogen) atoms. The maximum Gasteiger partial charge on any atom is 0.137 e. The molecule has 0 saturated carbocycles. The van der Waals surface area contributed by atoms with E-state index in [0.717, 1.165) is 34.8 Å². The molecule has 3 rings (SSSR count). The van der Waals surface area contributed by atoms with Crippen molar-refractivity contribution in [3.05, 3.63) is 53.9 Å². The van der Waals surface area contributed by atoms with Gasteiger partial charge in [0.25, 0.3) is 0 Å². The van der Waals surface area contributed by atoms with Crippen molar-refractivity contribution in [2.24, 2.45) is 5.73 Å². The summed E-state index contributed by atoms with van der Waals surface area (Å²) in [5, 5.41) is 0. The number of fused-ring (bicyclic) bond motifs is 1. The molecule has 0 saturated heterocycles. The van der Waals surface area contributed by atoms with Crippen LogP contribution in [0.1, 0.15) is 11.4 Å². The standard InChI is InChI=1S/C17H19N3O/c1-12-4-3-5-16-19-17(15(10-11-18)20(12)16)13-6-8-14(21-2)9-7-13/h3-9H,10-11,18H2,1-2H3. The number of benzene rings is 1. The van der Waals surface area contributed by atoms with Crippen LogP contribution in [0.4, 0.5) is 0 Å². The number of nitrogens with zero attached hydrogens (tertiary/aromatic N) is 2. The first-order valence-electron chi connectivity index (χ1n) is 7.06. The maximum atomic E-state index is 5.79. The van der Waals surface area contributed by atoms with E-state index in [1.807, 2.05) is 36.4 Å². The molecule has 0 aliphatic heterocycles. The zero-order chi connectivity index (χ0) is 14.8. The Balaban J connectivity index is 2.20. The summed E-state index contributed by atoms with van der Waals surface area (Å²) in [6.07, 6.45) is 0.799. The van der Waals surface area contributed by atoms with Crippen LogP contribution in [0, 0.1) is 6.92 Å². The second-order valence-corrected chi connectivity index (χ2v) is 5.04. The lowest BCUT2D eigenvalue weighted by atomic mass is 10.1. The van der Waals surface area contributed by atoms with Crippen LogP contribution < -0.4 is 10.5 Å². The van der Waals surface area contributed by atoms with Crippen molar-refractivity contribution in [2.75, 3.05) is 13.7 Å². The predicted molar refractivity (Wildman–Crippen MR) is 84.7 cm³/mol. The highest BCUT2D eigenvalue weighted by atomic mass is 16.5. The molecule has 0 spiro atoms. The topological polar surface area (TPSA) is 52.5 Å². The number of imidazole rings is 1. The fourth-order valence-electron chi connectivity index (χ4n) is 2.67. The monoisotopic (exact) mass is 281 g/mol. The lowest BCUT2D eigenvalue weighted by molar-refractivity contribution is 0.415. The Kier molecular flexibility index (Phi) is 3.62. The smallest absolute Gasteiger partial charge is 0.137 e. The number of hydrogen-bond donors (Lipinski definition) is 1. The van der Waals surface area contributed by atoms with Crippen LogP contribution in [0.2, 0.25) is 0 Å². The van der Waals surface area contributed by atoms with Gasteiger partial charge in [0.2, 0.25) is 0 Å². The van der Waals surface area contributed by atoms with E-state index in [1.165, 1.54) is 5.69 Å². The third-order valence-corrected chi connectivity index (χ3v) is 3.68. The van der Waals surface area contributed by atoms with Crippen molar-refractivity contribution in [2.45, 2.75) is 13.3 Å². The number of rotatable bonds is 4. The Morgan fingerprint density at radius 3 is 2.57 bits per heavy atom. The Hall–Kier alpha value is -2.33. The number of pyridine rings is 1. The number of ether oxygens (including phenoxy) is 1. The summed E-state index contributed by atoms with van der Waals surface area (Å²) in [4.78, 5) is 4.78. The third-order valence-electron chi connectivity index (χ3n) is 3.68. The first kappa shape index (κ1) is 13.6. The number of nitrogens with two attached hydrogens (primary N) is 1. The van der Waals surface area contributed by atoms with E-state index in [2.05, 4.69) is 17.4 Å². The van der Waals surface area contributed by atoms with Gasteiger partial charge in [-0.05, 0) is 49.9 Å². The minimum atomic E-state index is 0.602. The SMILES string of the molecule is COc1ccc(-c2nc3cccc(C)n3c2CCN)cc1. The van der Waals surface area contributed by atoms with Gasteiger partial charge in [-0.1, -0.05) is 6.07 Å². The molecule has 0 atom stereocenters. The number of methoxy groups -OCH3 is 1. The van der Waals surface area contributed by atoms with Gasteiger partial charge in [-0.25, -0.2) is 4.98 Å². The molecule has 0 aliphatic rings. The van der Waals surface area contributed by atoms with Gasteiger partial charge in [-0.3, -0.25) is 0 Å². The Labute approximate surface area is 124 Å². The summed E-state index contributed by atoms with van der Waals surface area (Å²) < 4.78 is 7.40. The van der Waals surface area contributed by atoms with Crippen LogP contribution in [-0.4, -0.2) is 23.0 Å². The van der Waals surface area contributed by atoms with E-state index in [1.54, 1.807) is 7.11 Å². The molecule has 108 valence electrons. The third kappa shape index (κ3) is 2.38. The second-order valence-electron chi connectivity index (χ2n) is 5.04. The number of hydrogen-bond acceptors (Lipinski definition) is 3. The van der Waals surface area contributed by atoms with E-state index < -0.39 is 0 Å². The average molecular weight is 281 g/mol. The fourth-order valence-corrected chi connectivity index (χ4v) is 2.67. The molecule has 0 fully saturated rings. The van der Waals surface area contributed by atoms with Crippen molar-refractivity contribution in [1.82, 2.24) is 9.38 Å². The van der Waals surface area contributed by atoms with Gasteiger partial charge in [-0.15, -0.1) is 0 Å². The first-order valence-corrected chi connectivity index (χ1v) is 7.06. The van der Waals surface area contributed by atoms with Crippen LogP contribution in [0.3, 0.4) is 0 Å². The molecular weight excluding hydrogens is 262 g/mol. The Morgan fingerprint density at radius 1 is 1.14 bits per heavy atom. The van der Waals surface area contributed by atoms with E-state index in [9.17, 15) is 0 Å². The van der Waals surface area contributed by atoms with Crippen molar-refractivity contribution in [1.29, 1.82) is 0 Å². The second kappa shape index (κ2) is 5.58. The molecular formula is C17H19N3O. The van der Waals surface area contributed by atoms with Gasteiger partial charge in [-0.2, -0.15) is 0 Å². The summed E-state index contributed by atoms with van der Waals surface area (Å²) in [5.41, 5.74) is 11.2. The molecule has 3 aromatic rings. The van der Waals surface area contributed by atoms with Crippen LogP contribution >= 0.6 is 0 Å². The molecule has 1 aromatic carbocycles. The lowest BCUT2D eigenvalue weighted by Gasteiger charge is -2.07. The van der Waals surface area contributed by atoms with Crippen molar-refractivity contribution < 1.29 is 4.74 Å². The van der Waals surface area contributed by atoms with Gasteiger partial charge in [0.05, 0.1) is 18.5 Å². The summed E-state index contributed by atoms with van der Waals surface area (Å²) in [6.45, 7) is 2.69. The summed E-state index contributed by atoms with van der Waals surface area (Å²) >= 11 is 0. The predicted octanol–water partition coefficient (Wildman–Crippen LogP) is 2.82. The zero-order valence-corrected chi connectivity index (χ0v) is 12.3. The minimum absolute atomic E-state index is 0.602. The molecule has 4 heteroatoms. The van der Waals surface area contributed by atoms with Crippen molar-refractivity contribution in [3.63, 3.8) is 0 Å². The molecule has 2 N–H and O–H groups in total. The molecule has 0 unspecified atom stereocenters. The molecule has 2 aromatic heterocycles. The summed E-state index contributed by atoms with van der Waals surface area (Å²) in [7, 11) is 1.67. The highest BCUT2D eigenvalue weighted by molar-refractivity contribution is 5.67. The van der Waals surface area contributed by atoms with Crippen LogP contribution in [0.15, 0.2) is 42.5 Å². The quantitative estimate of drug-likeness (QED) is 0.800. The minimum Gasteiger partial charge on any atom is -0.497 e. The van der Waals surface area contributed by atoms with E-state index >= 15 is 0 Å². The maximum absolute atomic E-state index is 5.79. The normalized spacial score (nSPS) is 11.0. The molecule has 4 nitrogen and oxygen atoms in total. The zero-order valence-electron chi connectivity index (χ0n) is 12.3. The van der Waals surface area contributed by atoms with E-state index in [-0.39, 0.29) is 0 Å². The van der Waals surface area contributed by atoms with Gasteiger partial charge in [0.15, 0.2) is 0 Å². The van der Waals surface area contributed by atoms with Crippen molar-refractivity contribution in [3.8, 4) is 17.0 Å². The lowest BCUT2D eigenvalue weighted by Crippen LogP contribution is -2.07. The van der Waals surface area contributed by atoms with Gasteiger partial charge in [0.1, 0.15) is 11.4 Å². The molecule has 0 aliphatic carbocycles. The van der Waals surface area contributed by atoms with Crippen LogP contribution in [-0.2, 0) is 6.42 Å². The fraction of sp³-hybridized carbons (Fsp3) is 0.235. The largest absolute Gasteiger partial charge is 0.497 e. The highest BCUT2D eigenvalue weighted by Crippen LogP contribution is 2.27. The summed E-state index contributed by atoms with van der Waals surface area (Å²) in [6, 6.07) is 14.1. The summed E-state index contributed by atoms with van der Waals surface area (Å²) in [5.74, 6) is 0.846. The highest BCUT2D eigenvalue weighted by Gasteiger charge is 2.14. The van der Waals surface area contributed by atoms with Crippen molar-refractivity contribution >= 4 is 5.65 Å². The number of aryl methyl sites for hydroxylation is 1. The van der Waals surface area contributed by atoms with Gasteiger partial charge in [0, 0.05) is 17.7 Å². The van der Waals surface area contributed by atoms with Crippen LogP contribution in [0.25, 0.3) is 16.9 Å². The first-order chi connectivity index (χ1) is 10.2. The van der Waals surface area contributed by atoms with E-state index in [0.29, 0.717) is 6.54 Å². The molecule has 0 bridgehead atoms. The molecule has 0 radical (unpaired) electrons. The van der Waals surface area contributed by atoms with Gasteiger partial charge < -0.3 is 14.9 Å². The van der Waals surface area contributed by atoms with E-state index in [4.69, 9.17) is 15.5 Å². The van der Waals surface area contributed by atoms with Crippen LogP contribution in [0.5, 0.6) is 5.75 Å². The number of aromatic nitrogens is 2. The molecule has 0 amide bonds.